The van der Waals surface area contributed by atoms with E-state index in [0.717, 1.165) is 19.3 Å². The monoisotopic (exact) mass is 165 g/mol. The Labute approximate surface area is 75.9 Å². The van der Waals surface area contributed by atoms with Crippen LogP contribution in [-0.2, 0) is 0 Å². The second-order valence-electron chi connectivity index (χ2n) is 2.66. The third-order valence-electron chi connectivity index (χ3n) is 1.79. The molecule has 0 aromatic heterocycles. The minimum Gasteiger partial charge on any atom is -0.365 e. The van der Waals surface area contributed by atoms with Crippen LogP contribution in [0.25, 0.3) is 0 Å². The van der Waals surface area contributed by atoms with E-state index in [1.54, 1.807) is 6.20 Å². The highest BCUT2D eigenvalue weighted by atomic mass is 14.8. The number of nitrogens with one attached hydrogen (secondary N) is 1. The van der Waals surface area contributed by atoms with Crippen molar-refractivity contribution in [1.82, 2.24) is 5.32 Å². The molecule has 1 nitrogen and oxygen atoms in total. The van der Waals surface area contributed by atoms with Gasteiger partial charge in [0.2, 0.25) is 0 Å². The summed E-state index contributed by atoms with van der Waals surface area (Å²) < 4.78 is 0. The average Bonchev–Trinajstić information content (AvgIpc) is 2.07. The summed E-state index contributed by atoms with van der Waals surface area (Å²) in [5.74, 6) is 0. The number of hydrogen-bond acceptors (Lipinski definition) is 1. The maximum atomic E-state index is 3.79. The van der Waals surface area contributed by atoms with Gasteiger partial charge in [-0.05, 0) is 24.6 Å². The molecule has 0 saturated heterocycles. The topological polar surface area (TPSA) is 12.0 Å². The van der Waals surface area contributed by atoms with Gasteiger partial charge in [-0.15, -0.1) is 0 Å². The van der Waals surface area contributed by atoms with Gasteiger partial charge >= 0.3 is 0 Å². The van der Waals surface area contributed by atoms with Crippen molar-refractivity contribution >= 4 is 0 Å². The molecule has 0 aromatic rings. The molecule has 12 heavy (non-hydrogen) atoms. The molecule has 0 amide bonds. The second-order valence-corrected chi connectivity index (χ2v) is 2.66. The van der Waals surface area contributed by atoms with E-state index in [1.165, 1.54) is 11.3 Å². The van der Waals surface area contributed by atoms with Gasteiger partial charge in [-0.3, -0.25) is 0 Å². The second kappa shape index (κ2) is 6.71. The minimum absolute atomic E-state index is 1.03. The fourth-order valence-corrected chi connectivity index (χ4v) is 1.18. The van der Waals surface area contributed by atoms with E-state index >= 15 is 0 Å². The van der Waals surface area contributed by atoms with Gasteiger partial charge < -0.3 is 5.32 Å². The lowest BCUT2D eigenvalue weighted by Gasteiger charge is -2.09. The molecular weight excluding hydrogens is 146 g/mol. The molecule has 0 fully saturated rings. The molecule has 0 rings (SSSR count). The third-order valence-corrected chi connectivity index (χ3v) is 1.79. The smallest absolute Gasteiger partial charge is 0.0178 e. The highest BCUT2D eigenvalue weighted by Crippen LogP contribution is 2.12. The molecule has 0 unspecified atom stereocenters. The molecule has 0 bridgehead atoms. The van der Waals surface area contributed by atoms with E-state index in [0.29, 0.717) is 0 Å². The fourth-order valence-electron chi connectivity index (χ4n) is 1.18. The van der Waals surface area contributed by atoms with Crippen LogP contribution in [0.1, 0.15) is 33.1 Å². The minimum atomic E-state index is 1.03. The van der Waals surface area contributed by atoms with Crippen molar-refractivity contribution in [3.8, 4) is 0 Å². The van der Waals surface area contributed by atoms with Crippen LogP contribution in [-0.4, -0.2) is 0 Å². The van der Waals surface area contributed by atoms with Crippen LogP contribution in [0.3, 0.4) is 0 Å². The van der Waals surface area contributed by atoms with E-state index in [1.807, 2.05) is 6.08 Å². The summed E-state index contributed by atoms with van der Waals surface area (Å²) in [5.41, 5.74) is 2.54. The summed E-state index contributed by atoms with van der Waals surface area (Å²) in [4.78, 5) is 0. The maximum Gasteiger partial charge on any atom is 0.0178 e. The summed E-state index contributed by atoms with van der Waals surface area (Å²) in [6.07, 6.45) is 6.89. The zero-order valence-corrected chi connectivity index (χ0v) is 8.19. The van der Waals surface area contributed by atoms with Crippen molar-refractivity contribution in [3.05, 3.63) is 36.7 Å². The molecule has 0 atom stereocenters. The molecule has 1 heteroatoms. The molecule has 0 radical (unpaired) electrons. The standard InChI is InChI=1S/C11H19N/c1-5-9-11(12-8-4)10(6-2)7-3/h6,8,12H,2,4-5,7,9H2,1,3H3/b11-10+. The Bertz CT molecular complexity index is 177. The van der Waals surface area contributed by atoms with Crippen molar-refractivity contribution in [3.63, 3.8) is 0 Å². The lowest BCUT2D eigenvalue weighted by Crippen LogP contribution is -2.06. The van der Waals surface area contributed by atoms with Crippen molar-refractivity contribution in [2.75, 3.05) is 0 Å². The number of allylic oxidation sites excluding steroid dienone is 3. The van der Waals surface area contributed by atoms with E-state index in [4.69, 9.17) is 0 Å². The van der Waals surface area contributed by atoms with Gasteiger partial charge in [0.15, 0.2) is 0 Å². The first-order valence-corrected chi connectivity index (χ1v) is 4.52. The van der Waals surface area contributed by atoms with Gasteiger partial charge in [0.05, 0.1) is 0 Å². The molecule has 0 heterocycles. The quantitative estimate of drug-likeness (QED) is 0.595. The van der Waals surface area contributed by atoms with Crippen molar-refractivity contribution in [2.45, 2.75) is 33.1 Å². The molecule has 0 aromatic carbocycles. The van der Waals surface area contributed by atoms with Crippen LogP contribution < -0.4 is 5.32 Å². The van der Waals surface area contributed by atoms with Crippen LogP contribution in [0.15, 0.2) is 36.7 Å². The Kier molecular flexibility index (Phi) is 6.16. The highest BCUT2D eigenvalue weighted by Gasteiger charge is 1.98. The van der Waals surface area contributed by atoms with Crippen LogP contribution in [0.2, 0.25) is 0 Å². The maximum absolute atomic E-state index is 3.79. The Morgan fingerprint density at radius 1 is 1.33 bits per heavy atom. The predicted octanol–water partition coefficient (Wildman–Crippen LogP) is 3.37. The highest BCUT2D eigenvalue weighted by molar-refractivity contribution is 5.23. The Morgan fingerprint density at radius 3 is 2.33 bits per heavy atom. The van der Waals surface area contributed by atoms with Gasteiger partial charge in [0.25, 0.3) is 0 Å². The first-order chi connectivity index (χ1) is 5.79. The first kappa shape index (κ1) is 11.0. The van der Waals surface area contributed by atoms with Crippen LogP contribution in [0.4, 0.5) is 0 Å². The zero-order valence-electron chi connectivity index (χ0n) is 8.19. The molecule has 0 spiro atoms. The van der Waals surface area contributed by atoms with Gasteiger partial charge in [-0.2, -0.15) is 0 Å². The molecule has 68 valence electrons. The molecule has 0 aliphatic carbocycles. The van der Waals surface area contributed by atoms with Crippen molar-refractivity contribution < 1.29 is 0 Å². The van der Waals surface area contributed by atoms with Gasteiger partial charge in [0, 0.05) is 5.70 Å². The van der Waals surface area contributed by atoms with E-state index in [9.17, 15) is 0 Å². The summed E-state index contributed by atoms with van der Waals surface area (Å²) in [6.45, 7) is 11.7. The normalized spacial score (nSPS) is 11.8. The number of hydrogen-bond donors (Lipinski definition) is 1. The average molecular weight is 165 g/mol. The Morgan fingerprint density at radius 2 is 2.00 bits per heavy atom. The van der Waals surface area contributed by atoms with Gasteiger partial charge in [-0.25, -0.2) is 0 Å². The summed E-state index contributed by atoms with van der Waals surface area (Å²) >= 11 is 0. The van der Waals surface area contributed by atoms with E-state index in [2.05, 4.69) is 32.3 Å². The Hall–Kier alpha value is -0.980. The van der Waals surface area contributed by atoms with Gasteiger partial charge in [0.1, 0.15) is 0 Å². The zero-order chi connectivity index (χ0) is 9.40. The lowest BCUT2D eigenvalue weighted by atomic mass is 10.1. The summed E-state index contributed by atoms with van der Waals surface area (Å²) in [7, 11) is 0. The van der Waals surface area contributed by atoms with Crippen molar-refractivity contribution in [2.24, 2.45) is 0 Å². The fraction of sp³-hybridized carbons (Fsp3) is 0.455. The van der Waals surface area contributed by atoms with Gasteiger partial charge in [-0.1, -0.05) is 39.5 Å². The van der Waals surface area contributed by atoms with Crippen molar-refractivity contribution in [1.29, 1.82) is 0 Å². The first-order valence-electron chi connectivity index (χ1n) is 4.52. The largest absolute Gasteiger partial charge is 0.365 e. The molecule has 1 N–H and O–H groups in total. The molecule has 0 aliphatic heterocycles. The van der Waals surface area contributed by atoms with Crippen LogP contribution >= 0.6 is 0 Å². The SMILES string of the molecule is C=CN/C(CCC)=C(\C=C)CC. The molecule has 0 aliphatic rings. The summed E-state index contributed by atoms with van der Waals surface area (Å²) in [5, 5.41) is 3.16. The third kappa shape index (κ3) is 3.42. The number of rotatable bonds is 6. The molecular formula is C11H19N. The van der Waals surface area contributed by atoms with Crippen LogP contribution in [0.5, 0.6) is 0 Å². The summed E-state index contributed by atoms with van der Waals surface area (Å²) in [6, 6.07) is 0. The Balaban J connectivity index is 4.48. The predicted molar refractivity (Wildman–Crippen MR) is 55.8 cm³/mol. The van der Waals surface area contributed by atoms with E-state index < -0.39 is 0 Å². The molecule has 0 saturated carbocycles. The lowest BCUT2D eigenvalue weighted by molar-refractivity contribution is 0.817. The van der Waals surface area contributed by atoms with Crippen LogP contribution in [0, 0.1) is 0 Å². The van der Waals surface area contributed by atoms with E-state index in [-0.39, 0.29) is 0 Å².